The lowest BCUT2D eigenvalue weighted by Crippen LogP contribution is -2.49. The Kier molecular flexibility index (Phi) is 6.26. The van der Waals surface area contributed by atoms with Crippen molar-refractivity contribution in [1.82, 2.24) is 9.80 Å². The number of halogens is 1. The van der Waals surface area contributed by atoms with Crippen LogP contribution in [0.15, 0.2) is 47.9 Å². The average Bonchev–Trinajstić information content (AvgIpc) is 3.16. The quantitative estimate of drug-likeness (QED) is 0.814. The summed E-state index contributed by atoms with van der Waals surface area (Å²) in [6, 6.07) is 11.4. The van der Waals surface area contributed by atoms with Crippen LogP contribution in [0.25, 0.3) is 6.08 Å². The van der Waals surface area contributed by atoms with Gasteiger partial charge in [-0.05, 0) is 29.2 Å². The molecule has 1 N–H and O–H groups in total. The van der Waals surface area contributed by atoms with Gasteiger partial charge in [-0.25, -0.2) is 0 Å². The molecule has 4 nitrogen and oxygen atoms in total. The number of rotatable bonds is 5. The molecule has 1 unspecified atom stereocenters. The third-order valence-electron chi connectivity index (χ3n) is 4.30. The minimum Gasteiger partial charge on any atom is -0.386 e. The van der Waals surface area contributed by atoms with E-state index >= 15 is 0 Å². The number of aliphatic hydroxyl groups is 1. The van der Waals surface area contributed by atoms with Crippen LogP contribution in [0, 0.1) is 0 Å². The number of piperazine rings is 1. The minimum atomic E-state index is -0.456. The van der Waals surface area contributed by atoms with Gasteiger partial charge in [0.15, 0.2) is 0 Å². The number of carbonyl (C=O) groups excluding carboxylic acids is 1. The van der Waals surface area contributed by atoms with Gasteiger partial charge in [-0.2, -0.15) is 0 Å². The zero-order valence-corrected chi connectivity index (χ0v) is 15.4. The number of hydrogen-bond acceptors (Lipinski definition) is 4. The molecule has 6 heteroatoms. The molecule has 1 aromatic carbocycles. The lowest BCUT2D eigenvalue weighted by molar-refractivity contribution is -0.127. The maximum absolute atomic E-state index is 12.3. The number of carbonyl (C=O) groups is 1. The van der Waals surface area contributed by atoms with Crippen LogP contribution in [0.1, 0.15) is 16.5 Å². The van der Waals surface area contributed by atoms with E-state index < -0.39 is 6.10 Å². The highest BCUT2D eigenvalue weighted by Crippen LogP contribution is 2.20. The van der Waals surface area contributed by atoms with Gasteiger partial charge in [0.25, 0.3) is 0 Å². The Bertz CT molecular complexity index is 725. The molecule has 1 aromatic heterocycles. The van der Waals surface area contributed by atoms with Crippen molar-refractivity contribution >= 4 is 34.9 Å². The fourth-order valence-electron chi connectivity index (χ4n) is 2.84. The van der Waals surface area contributed by atoms with Crippen molar-refractivity contribution in [3.8, 4) is 0 Å². The van der Waals surface area contributed by atoms with Crippen LogP contribution in [0.3, 0.4) is 0 Å². The first-order valence-corrected chi connectivity index (χ1v) is 9.54. The normalized spacial score (nSPS) is 17.1. The molecule has 0 spiro atoms. The summed E-state index contributed by atoms with van der Waals surface area (Å²) in [7, 11) is 0. The summed E-state index contributed by atoms with van der Waals surface area (Å²) in [5.41, 5.74) is 0.843. The Labute approximate surface area is 156 Å². The molecular formula is C19H21ClN2O2S. The Morgan fingerprint density at radius 2 is 1.96 bits per heavy atom. The molecule has 25 heavy (non-hydrogen) atoms. The summed E-state index contributed by atoms with van der Waals surface area (Å²) >= 11 is 7.67. The van der Waals surface area contributed by atoms with E-state index in [1.807, 2.05) is 46.7 Å². The first kappa shape index (κ1) is 18.1. The van der Waals surface area contributed by atoms with Crippen molar-refractivity contribution in [3.63, 3.8) is 0 Å². The Balaban J connectivity index is 1.48. The van der Waals surface area contributed by atoms with Crippen molar-refractivity contribution in [2.45, 2.75) is 6.10 Å². The summed E-state index contributed by atoms with van der Waals surface area (Å²) < 4.78 is 0. The van der Waals surface area contributed by atoms with Crippen LogP contribution in [-0.4, -0.2) is 53.5 Å². The van der Waals surface area contributed by atoms with Crippen LogP contribution in [0.2, 0.25) is 5.02 Å². The molecular weight excluding hydrogens is 356 g/mol. The molecule has 1 amide bonds. The van der Waals surface area contributed by atoms with Gasteiger partial charge in [0.05, 0.1) is 0 Å². The summed E-state index contributed by atoms with van der Waals surface area (Å²) in [6.07, 6.45) is 2.89. The SMILES string of the molecule is O=C(C=Cc1ccccc1Cl)N1CCN(CC(O)c2cccs2)CC1. The largest absolute Gasteiger partial charge is 0.386 e. The van der Waals surface area contributed by atoms with E-state index in [1.54, 1.807) is 23.5 Å². The molecule has 3 rings (SSSR count). The monoisotopic (exact) mass is 376 g/mol. The van der Waals surface area contributed by atoms with Crippen LogP contribution < -0.4 is 0 Å². The molecule has 1 aliphatic heterocycles. The van der Waals surface area contributed by atoms with E-state index in [0.717, 1.165) is 23.5 Å². The lowest BCUT2D eigenvalue weighted by Gasteiger charge is -2.35. The topological polar surface area (TPSA) is 43.8 Å². The van der Waals surface area contributed by atoms with E-state index in [2.05, 4.69) is 4.90 Å². The van der Waals surface area contributed by atoms with Gasteiger partial charge in [-0.3, -0.25) is 9.69 Å². The molecule has 2 aromatic rings. The van der Waals surface area contributed by atoms with Crippen LogP contribution in [0.5, 0.6) is 0 Å². The second-order valence-corrected chi connectivity index (χ2v) is 7.40. The van der Waals surface area contributed by atoms with E-state index in [4.69, 9.17) is 11.6 Å². The lowest BCUT2D eigenvalue weighted by atomic mass is 10.2. The zero-order valence-electron chi connectivity index (χ0n) is 13.8. The summed E-state index contributed by atoms with van der Waals surface area (Å²) in [5, 5.41) is 12.8. The van der Waals surface area contributed by atoms with Crippen molar-refractivity contribution in [1.29, 1.82) is 0 Å². The van der Waals surface area contributed by atoms with Gasteiger partial charge >= 0.3 is 0 Å². The highest BCUT2D eigenvalue weighted by molar-refractivity contribution is 7.10. The van der Waals surface area contributed by atoms with Crippen molar-refractivity contribution < 1.29 is 9.90 Å². The number of aliphatic hydroxyl groups excluding tert-OH is 1. The molecule has 1 saturated heterocycles. The van der Waals surface area contributed by atoms with Crippen molar-refractivity contribution in [3.05, 3.63) is 63.3 Å². The predicted octanol–water partition coefficient (Wildman–Crippen LogP) is 3.29. The highest BCUT2D eigenvalue weighted by atomic mass is 35.5. The first-order chi connectivity index (χ1) is 12.1. The summed E-state index contributed by atoms with van der Waals surface area (Å²) in [4.78, 5) is 17.4. The molecule has 1 fully saturated rings. The fourth-order valence-corrected chi connectivity index (χ4v) is 3.74. The molecule has 1 aliphatic rings. The maximum atomic E-state index is 12.3. The second kappa shape index (κ2) is 8.63. The number of thiophene rings is 1. The van der Waals surface area contributed by atoms with Gasteiger partial charge in [-0.15, -0.1) is 11.3 Å². The van der Waals surface area contributed by atoms with E-state index in [0.29, 0.717) is 24.7 Å². The van der Waals surface area contributed by atoms with Crippen LogP contribution >= 0.6 is 22.9 Å². The number of β-amino-alcohol motifs (C(OH)–C–C–N with tert-alkyl or cyclic N) is 1. The van der Waals surface area contributed by atoms with Gasteiger partial charge in [0.2, 0.25) is 5.91 Å². The Hall–Kier alpha value is -1.66. The molecule has 0 bridgehead atoms. The van der Waals surface area contributed by atoms with Gasteiger partial charge in [-0.1, -0.05) is 35.9 Å². The first-order valence-electron chi connectivity index (χ1n) is 8.29. The van der Waals surface area contributed by atoms with Crippen LogP contribution in [0.4, 0.5) is 0 Å². The second-order valence-electron chi connectivity index (χ2n) is 6.01. The van der Waals surface area contributed by atoms with Crippen LogP contribution in [-0.2, 0) is 4.79 Å². The number of hydrogen-bond donors (Lipinski definition) is 1. The third kappa shape index (κ3) is 4.92. The third-order valence-corrected chi connectivity index (χ3v) is 5.62. The number of nitrogens with zero attached hydrogens (tertiary/aromatic N) is 2. The highest BCUT2D eigenvalue weighted by Gasteiger charge is 2.22. The standard InChI is InChI=1S/C19H21ClN2O2S/c20-16-5-2-1-4-15(16)7-8-19(24)22-11-9-21(10-12-22)14-17(23)18-6-3-13-25-18/h1-8,13,17,23H,9-12,14H2. The molecule has 0 saturated carbocycles. The average molecular weight is 377 g/mol. The Morgan fingerprint density at radius 1 is 1.20 bits per heavy atom. The van der Waals surface area contributed by atoms with Gasteiger partial charge in [0, 0.05) is 48.7 Å². The Morgan fingerprint density at radius 3 is 2.64 bits per heavy atom. The molecule has 2 heterocycles. The summed E-state index contributed by atoms with van der Waals surface area (Å²) in [5.74, 6) is -0.00150. The van der Waals surface area contributed by atoms with Gasteiger partial charge < -0.3 is 10.0 Å². The minimum absolute atomic E-state index is 0.00150. The number of amides is 1. The predicted molar refractivity (Wildman–Crippen MR) is 103 cm³/mol. The fraction of sp³-hybridized carbons (Fsp3) is 0.316. The van der Waals surface area contributed by atoms with Crippen molar-refractivity contribution in [2.75, 3.05) is 32.7 Å². The molecule has 132 valence electrons. The van der Waals surface area contributed by atoms with E-state index in [-0.39, 0.29) is 5.91 Å². The van der Waals surface area contributed by atoms with E-state index in [9.17, 15) is 9.90 Å². The van der Waals surface area contributed by atoms with E-state index in [1.165, 1.54) is 0 Å². The number of benzene rings is 1. The van der Waals surface area contributed by atoms with Crippen molar-refractivity contribution in [2.24, 2.45) is 0 Å². The molecule has 0 aliphatic carbocycles. The molecule has 0 radical (unpaired) electrons. The molecule has 1 atom stereocenters. The smallest absolute Gasteiger partial charge is 0.246 e. The summed E-state index contributed by atoms with van der Waals surface area (Å²) in [6.45, 7) is 3.49. The van der Waals surface area contributed by atoms with Gasteiger partial charge in [0.1, 0.15) is 6.10 Å². The zero-order chi connectivity index (χ0) is 17.6. The maximum Gasteiger partial charge on any atom is 0.246 e.